The molecule has 4 heteroatoms. The summed E-state index contributed by atoms with van der Waals surface area (Å²) in [5.41, 5.74) is 1.87. The second kappa shape index (κ2) is 9.27. The van der Waals surface area contributed by atoms with Crippen LogP contribution in [-0.4, -0.2) is 15.0 Å². The molecule has 0 spiro atoms. The van der Waals surface area contributed by atoms with Crippen molar-refractivity contribution >= 4 is 9.84 Å². The third-order valence-electron chi connectivity index (χ3n) is 5.48. The predicted octanol–water partition coefficient (Wildman–Crippen LogP) is 6.00. The van der Waals surface area contributed by atoms with Gasteiger partial charge >= 0.3 is 0 Å². The minimum absolute atomic E-state index is 0.396. The third-order valence-corrected chi connectivity index (χ3v) is 8.04. The Morgan fingerprint density at radius 1 is 1.07 bits per heavy atom. The maximum Gasteiger partial charge on any atom is 0.188 e. The Bertz CT molecular complexity index is 978. The van der Waals surface area contributed by atoms with E-state index in [1.807, 2.05) is 55.5 Å². The quantitative estimate of drug-likeness (QED) is 0.503. The van der Waals surface area contributed by atoms with E-state index in [4.69, 9.17) is 4.74 Å². The fraction of sp³-hybridized carbons (Fsp3) is 0.280. The summed E-state index contributed by atoms with van der Waals surface area (Å²) in [7, 11) is -3.48. The first kappa shape index (κ1) is 21.1. The molecule has 0 atom stereocenters. The molecule has 3 nitrogen and oxygen atoms in total. The maximum absolute atomic E-state index is 13.5. The van der Waals surface area contributed by atoms with E-state index in [2.05, 4.69) is 6.58 Å². The molecule has 0 radical (unpaired) electrons. The molecule has 0 saturated heterocycles. The number of allylic oxidation sites excluding steroid dienone is 3. The van der Waals surface area contributed by atoms with Crippen LogP contribution in [0.3, 0.4) is 0 Å². The molecule has 0 unspecified atom stereocenters. The number of benzene rings is 2. The zero-order valence-electron chi connectivity index (χ0n) is 16.9. The lowest BCUT2D eigenvalue weighted by molar-refractivity contribution is 0.355. The van der Waals surface area contributed by atoms with Gasteiger partial charge in [0.05, 0.1) is 4.90 Å². The van der Waals surface area contributed by atoms with Gasteiger partial charge in [-0.3, -0.25) is 0 Å². The smallest absolute Gasteiger partial charge is 0.188 e. The molecule has 0 N–H and O–H groups in total. The first-order valence-electron chi connectivity index (χ1n) is 10.0. The Kier molecular flexibility index (Phi) is 6.75. The fourth-order valence-corrected chi connectivity index (χ4v) is 6.26. The van der Waals surface area contributed by atoms with Crippen molar-refractivity contribution in [1.29, 1.82) is 0 Å². The first-order chi connectivity index (χ1) is 14.0. The van der Waals surface area contributed by atoms with Gasteiger partial charge in [-0.05, 0) is 55.2 Å². The number of ether oxygens (including phenoxy) is 1. The van der Waals surface area contributed by atoms with Crippen molar-refractivity contribution in [1.82, 2.24) is 0 Å². The van der Waals surface area contributed by atoms with Crippen LogP contribution >= 0.6 is 0 Å². The largest absolute Gasteiger partial charge is 0.489 e. The molecule has 0 aromatic heterocycles. The molecule has 1 aliphatic carbocycles. The highest BCUT2D eigenvalue weighted by atomic mass is 32.2. The van der Waals surface area contributed by atoms with Gasteiger partial charge in [0, 0.05) is 0 Å². The lowest BCUT2D eigenvalue weighted by Gasteiger charge is -2.29. The van der Waals surface area contributed by atoms with Gasteiger partial charge in [-0.1, -0.05) is 74.1 Å². The molecule has 0 aliphatic heterocycles. The van der Waals surface area contributed by atoms with Crippen LogP contribution in [0.5, 0.6) is 5.75 Å². The fourth-order valence-electron chi connectivity index (χ4n) is 4.02. The summed E-state index contributed by atoms with van der Waals surface area (Å²) in [6.07, 6.45) is 10.7. The van der Waals surface area contributed by atoms with Gasteiger partial charge in [-0.25, -0.2) is 8.42 Å². The first-order valence-corrected chi connectivity index (χ1v) is 11.5. The van der Waals surface area contributed by atoms with Crippen LogP contribution in [-0.2, 0) is 14.6 Å². The summed E-state index contributed by atoms with van der Waals surface area (Å²) in [6.45, 7) is 6.12. The topological polar surface area (TPSA) is 43.4 Å². The van der Waals surface area contributed by atoms with Gasteiger partial charge in [0.2, 0.25) is 0 Å². The Hall–Kier alpha value is -2.59. The van der Waals surface area contributed by atoms with Crippen molar-refractivity contribution in [3.05, 3.63) is 96.6 Å². The minimum Gasteiger partial charge on any atom is -0.489 e. The molecule has 152 valence electrons. The standard InChI is InChI=1S/C25H28O3S/c1-3-10-21(11-4-2)20-28-23-16-14-22(15-17-23)25(18-8-9-19-25)29(26,27)24-12-6-5-7-13-24/h3-7,10-17H,1,8-9,18-20H2,2H3/b11-4-,21-10+. The second-order valence-electron chi connectivity index (χ2n) is 7.31. The Morgan fingerprint density at radius 3 is 2.31 bits per heavy atom. The van der Waals surface area contributed by atoms with E-state index in [9.17, 15) is 8.42 Å². The molecular formula is C25H28O3S. The highest BCUT2D eigenvalue weighted by Gasteiger charge is 2.48. The second-order valence-corrected chi connectivity index (χ2v) is 9.57. The van der Waals surface area contributed by atoms with Crippen LogP contribution in [0.1, 0.15) is 38.2 Å². The van der Waals surface area contributed by atoms with Gasteiger partial charge in [0.1, 0.15) is 17.1 Å². The van der Waals surface area contributed by atoms with Crippen LogP contribution < -0.4 is 4.74 Å². The lowest BCUT2D eigenvalue weighted by atomic mass is 9.96. The van der Waals surface area contributed by atoms with Crippen molar-refractivity contribution in [3.8, 4) is 5.75 Å². The van der Waals surface area contributed by atoms with E-state index in [1.165, 1.54) is 0 Å². The number of hydrogen-bond acceptors (Lipinski definition) is 3. The molecule has 0 amide bonds. The van der Waals surface area contributed by atoms with Gasteiger partial charge in [0.25, 0.3) is 0 Å². The minimum atomic E-state index is -3.48. The van der Waals surface area contributed by atoms with E-state index < -0.39 is 14.6 Å². The van der Waals surface area contributed by atoms with Crippen molar-refractivity contribution in [2.75, 3.05) is 6.61 Å². The van der Waals surface area contributed by atoms with Crippen LogP contribution in [0, 0.1) is 0 Å². The van der Waals surface area contributed by atoms with E-state index in [0.29, 0.717) is 24.3 Å². The predicted molar refractivity (Wildman–Crippen MR) is 119 cm³/mol. The summed E-state index contributed by atoms with van der Waals surface area (Å²) in [5, 5.41) is 0. The SMILES string of the molecule is C=C/C=C(\C=C/C)COc1ccc(C2(S(=O)(=O)c3ccccc3)CCCC2)cc1. The van der Waals surface area contributed by atoms with E-state index >= 15 is 0 Å². The Labute approximate surface area is 174 Å². The molecule has 1 saturated carbocycles. The van der Waals surface area contributed by atoms with Crippen molar-refractivity contribution in [3.63, 3.8) is 0 Å². The van der Waals surface area contributed by atoms with E-state index in [1.54, 1.807) is 30.3 Å². The van der Waals surface area contributed by atoms with Crippen molar-refractivity contribution < 1.29 is 13.2 Å². The zero-order chi connectivity index (χ0) is 20.7. The zero-order valence-corrected chi connectivity index (χ0v) is 17.7. The summed E-state index contributed by atoms with van der Waals surface area (Å²) in [6, 6.07) is 16.4. The van der Waals surface area contributed by atoms with Gasteiger partial charge in [0.15, 0.2) is 9.84 Å². The summed E-state index contributed by atoms with van der Waals surface area (Å²) in [4.78, 5) is 0.396. The number of sulfone groups is 1. The van der Waals surface area contributed by atoms with Crippen LogP contribution in [0.25, 0.3) is 0 Å². The summed E-state index contributed by atoms with van der Waals surface area (Å²) < 4.78 is 32.1. The number of hydrogen-bond donors (Lipinski definition) is 0. The van der Waals surface area contributed by atoms with Crippen LogP contribution in [0.4, 0.5) is 0 Å². The third kappa shape index (κ3) is 4.38. The molecule has 0 heterocycles. The lowest BCUT2D eigenvalue weighted by Crippen LogP contribution is -2.33. The molecule has 1 aliphatic rings. The van der Waals surface area contributed by atoms with Gasteiger partial charge < -0.3 is 4.74 Å². The van der Waals surface area contributed by atoms with Gasteiger partial charge in [-0.2, -0.15) is 0 Å². The monoisotopic (exact) mass is 408 g/mol. The normalized spacial score (nSPS) is 16.8. The summed E-state index contributed by atoms with van der Waals surface area (Å²) >= 11 is 0. The molecule has 2 aromatic carbocycles. The summed E-state index contributed by atoms with van der Waals surface area (Å²) in [5.74, 6) is 0.721. The molecular weight excluding hydrogens is 380 g/mol. The average Bonchev–Trinajstić information content (AvgIpc) is 3.25. The highest BCUT2D eigenvalue weighted by molar-refractivity contribution is 7.92. The van der Waals surface area contributed by atoms with Crippen LogP contribution in [0.2, 0.25) is 0 Å². The molecule has 2 aromatic rings. The van der Waals surface area contributed by atoms with Crippen LogP contribution in [0.15, 0.2) is 95.9 Å². The Balaban J connectivity index is 1.86. The molecule has 3 rings (SSSR count). The molecule has 29 heavy (non-hydrogen) atoms. The molecule has 0 bridgehead atoms. The number of rotatable bonds is 8. The molecule has 1 fully saturated rings. The van der Waals surface area contributed by atoms with Gasteiger partial charge in [-0.15, -0.1) is 0 Å². The Morgan fingerprint density at radius 2 is 1.72 bits per heavy atom. The van der Waals surface area contributed by atoms with E-state index in [0.717, 1.165) is 29.7 Å². The maximum atomic E-state index is 13.5. The highest BCUT2D eigenvalue weighted by Crippen LogP contribution is 2.48. The average molecular weight is 409 g/mol. The van der Waals surface area contributed by atoms with Crippen molar-refractivity contribution in [2.24, 2.45) is 0 Å². The van der Waals surface area contributed by atoms with Crippen molar-refractivity contribution in [2.45, 2.75) is 42.2 Å². The van der Waals surface area contributed by atoms with E-state index in [-0.39, 0.29) is 0 Å².